The highest BCUT2D eigenvalue weighted by Crippen LogP contribution is 2.28. The lowest BCUT2D eigenvalue weighted by Gasteiger charge is -2.08. The molecular formula is C18H13FN4O2S. The van der Waals surface area contributed by atoms with Crippen LogP contribution in [0.25, 0.3) is 22.2 Å². The molecule has 4 rings (SSSR count). The fourth-order valence-electron chi connectivity index (χ4n) is 2.66. The number of sulfonamides is 1. The van der Waals surface area contributed by atoms with Gasteiger partial charge in [0.2, 0.25) is 0 Å². The number of hydrogen-bond donors (Lipinski definition) is 2. The van der Waals surface area contributed by atoms with Gasteiger partial charge in [-0.1, -0.05) is 12.1 Å². The van der Waals surface area contributed by atoms with Crippen molar-refractivity contribution in [3.63, 3.8) is 0 Å². The summed E-state index contributed by atoms with van der Waals surface area (Å²) in [6.45, 7) is 0. The minimum absolute atomic E-state index is 0.0946. The van der Waals surface area contributed by atoms with Gasteiger partial charge in [0.15, 0.2) is 0 Å². The van der Waals surface area contributed by atoms with Gasteiger partial charge in [-0.25, -0.2) is 12.8 Å². The lowest BCUT2D eigenvalue weighted by Crippen LogP contribution is -2.13. The molecule has 2 N–H and O–H groups in total. The van der Waals surface area contributed by atoms with Gasteiger partial charge < -0.3 is 0 Å². The molecule has 0 saturated carbocycles. The van der Waals surface area contributed by atoms with Crippen LogP contribution in [-0.2, 0) is 10.0 Å². The third kappa shape index (κ3) is 3.02. The van der Waals surface area contributed by atoms with Crippen LogP contribution in [0.4, 0.5) is 10.1 Å². The molecule has 0 amide bonds. The van der Waals surface area contributed by atoms with Crippen molar-refractivity contribution in [2.24, 2.45) is 0 Å². The number of aromatic amines is 1. The van der Waals surface area contributed by atoms with E-state index in [0.29, 0.717) is 27.8 Å². The van der Waals surface area contributed by atoms with E-state index in [1.165, 1.54) is 30.5 Å². The summed E-state index contributed by atoms with van der Waals surface area (Å²) in [5.74, 6) is -0.371. The molecule has 0 radical (unpaired) electrons. The Labute approximate surface area is 148 Å². The number of rotatable bonds is 4. The normalized spacial score (nSPS) is 11.6. The number of hydrogen-bond acceptors (Lipinski definition) is 4. The zero-order chi connectivity index (χ0) is 18.1. The van der Waals surface area contributed by atoms with E-state index in [2.05, 4.69) is 19.9 Å². The highest BCUT2D eigenvalue weighted by atomic mass is 32.2. The van der Waals surface area contributed by atoms with Crippen LogP contribution in [0.15, 0.2) is 71.9 Å². The van der Waals surface area contributed by atoms with Crippen LogP contribution < -0.4 is 4.72 Å². The maximum absolute atomic E-state index is 13.3. The second-order valence-electron chi connectivity index (χ2n) is 5.64. The Morgan fingerprint density at radius 2 is 1.92 bits per heavy atom. The quantitative estimate of drug-likeness (QED) is 0.576. The van der Waals surface area contributed by atoms with Crippen LogP contribution >= 0.6 is 0 Å². The minimum Gasteiger partial charge on any atom is -0.278 e. The van der Waals surface area contributed by atoms with Crippen molar-refractivity contribution in [2.75, 3.05) is 4.72 Å². The monoisotopic (exact) mass is 368 g/mol. The summed E-state index contributed by atoms with van der Waals surface area (Å²) in [6, 6.07) is 14.0. The summed E-state index contributed by atoms with van der Waals surface area (Å²) in [7, 11) is -3.77. The molecule has 0 spiro atoms. The second kappa shape index (κ2) is 6.23. The van der Waals surface area contributed by atoms with Crippen LogP contribution in [0.3, 0.4) is 0 Å². The summed E-state index contributed by atoms with van der Waals surface area (Å²) in [5.41, 5.74) is 2.08. The zero-order valence-corrected chi connectivity index (χ0v) is 14.2. The molecule has 26 heavy (non-hydrogen) atoms. The first-order chi connectivity index (χ1) is 12.5. The molecule has 0 aliphatic rings. The number of H-pyrrole nitrogens is 1. The molecular weight excluding hydrogens is 355 g/mol. The van der Waals surface area contributed by atoms with Gasteiger partial charge in [-0.3, -0.25) is 14.8 Å². The summed E-state index contributed by atoms with van der Waals surface area (Å²) in [6.07, 6.45) is 2.99. The Balaban J connectivity index is 1.74. The maximum Gasteiger partial charge on any atom is 0.261 e. The largest absolute Gasteiger partial charge is 0.278 e. The van der Waals surface area contributed by atoms with E-state index in [4.69, 9.17) is 0 Å². The van der Waals surface area contributed by atoms with Gasteiger partial charge in [0.1, 0.15) is 5.82 Å². The third-order valence-electron chi connectivity index (χ3n) is 3.86. The Hall–Kier alpha value is -3.26. The molecule has 0 unspecified atom stereocenters. The number of anilines is 1. The van der Waals surface area contributed by atoms with E-state index in [1.54, 1.807) is 36.5 Å². The molecule has 2 heterocycles. The Morgan fingerprint density at radius 3 is 2.73 bits per heavy atom. The van der Waals surface area contributed by atoms with Crippen molar-refractivity contribution in [3.05, 3.63) is 72.8 Å². The van der Waals surface area contributed by atoms with Crippen LogP contribution in [0.2, 0.25) is 0 Å². The lowest BCUT2D eigenvalue weighted by molar-refractivity contribution is 0.601. The Kier molecular flexibility index (Phi) is 3.89. The van der Waals surface area contributed by atoms with Gasteiger partial charge in [-0.05, 0) is 42.5 Å². The molecule has 4 aromatic rings. The molecule has 0 aliphatic carbocycles. The van der Waals surface area contributed by atoms with E-state index in [0.717, 1.165) is 0 Å². The Morgan fingerprint density at radius 1 is 1.04 bits per heavy atom. The standard InChI is InChI=1S/C18H13FN4O2S/c19-13-6-7-16-17(10-13)21-22-18(16)12-3-1-5-15(9-12)26(24,25)23-14-4-2-8-20-11-14/h1-11,23H,(H,21,22). The molecule has 130 valence electrons. The molecule has 6 nitrogen and oxygen atoms in total. The number of pyridine rings is 1. The molecule has 8 heteroatoms. The van der Waals surface area contributed by atoms with Gasteiger partial charge >= 0.3 is 0 Å². The molecule has 0 fully saturated rings. The van der Waals surface area contributed by atoms with Crippen molar-refractivity contribution >= 4 is 26.6 Å². The van der Waals surface area contributed by atoms with Gasteiger partial charge in [0, 0.05) is 17.1 Å². The van der Waals surface area contributed by atoms with Gasteiger partial charge in [-0.15, -0.1) is 0 Å². The van der Waals surface area contributed by atoms with Crippen molar-refractivity contribution < 1.29 is 12.8 Å². The Bertz CT molecular complexity index is 1190. The molecule has 0 atom stereocenters. The lowest BCUT2D eigenvalue weighted by atomic mass is 10.1. The smallest absolute Gasteiger partial charge is 0.261 e. The van der Waals surface area contributed by atoms with Crippen LogP contribution in [0.1, 0.15) is 0 Å². The van der Waals surface area contributed by atoms with E-state index in [-0.39, 0.29) is 10.7 Å². The first-order valence-electron chi connectivity index (χ1n) is 7.70. The average Bonchev–Trinajstić information content (AvgIpc) is 3.05. The molecule has 0 aliphatic heterocycles. The summed E-state index contributed by atoms with van der Waals surface area (Å²) < 4.78 is 41.0. The van der Waals surface area contributed by atoms with E-state index in [9.17, 15) is 12.8 Å². The van der Waals surface area contributed by atoms with Crippen molar-refractivity contribution in [2.45, 2.75) is 4.90 Å². The molecule has 0 bridgehead atoms. The molecule has 0 saturated heterocycles. The van der Waals surface area contributed by atoms with Crippen LogP contribution in [0.5, 0.6) is 0 Å². The fraction of sp³-hybridized carbons (Fsp3) is 0. The highest BCUT2D eigenvalue weighted by Gasteiger charge is 2.17. The summed E-state index contributed by atoms with van der Waals surface area (Å²) in [4.78, 5) is 3.98. The van der Waals surface area contributed by atoms with Crippen LogP contribution in [-0.4, -0.2) is 23.6 Å². The number of benzene rings is 2. The molecule has 2 aromatic heterocycles. The average molecular weight is 368 g/mol. The SMILES string of the molecule is O=S(=O)(Nc1cccnc1)c1cccc(-c2n[nH]c3cc(F)ccc23)c1. The van der Waals surface area contributed by atoms with E-state index >= 15 is 0 Å². The van der Waals surface area contributed by atoms with Crippen molar-refractivity contribution in [1.29, 1.82) is 0 Å². The van der Waals surface area contributed by atoms with Crippen molar-refractivity contribution in [3.8, 4) is 11.3 Å². The second-order valence-corrected chi connectivity index (χ2v) is 7.32. The number of fused-ring (bicyclic) bond motifs is 1. The van der Waals surface area contributed by atoms with Crippen molar-refractivity contribution in [1.82, 2.24) is 15.2 Å². The minimum atomic E-state index is -3.77. The van der Waals surface area contributed by atoms with E-state index < -0.39 is 10.0 Å². The zero-order valence-electron chi connectivity index (χ0n) is 13.3. The topological polar surface area (TPSA) is 87.7 Å². The number of nitrogens with one attached hydrogen (secondary N) is 2. The first kappa shape index (κ1) is 16.2. The van der Waals surface area contributed by atoms with E-state index in [1.807, 2.05) is 0 Å². The van der Waals surface area contributed by atoms with Crippen LogP contribution in [0, 0.1) is 5.82 Å². The number of nitrogens with zero attached hydrogens (tertiary/aromatic N) is 2. The van der Waals surface area contributed by atoms with Gasteiger partial charge in [0.25, 0.3) is 10.0 Å². The number of aromatic nitrogens is 3. The fourth-order valence-corrected chi connectivity index (χ4v) is 3.75. The first-order valence-corrected chi connectivity index (χ1v) is 9.18. The highest BCUT2D eigenvalue weighted by molar-refractivity contribution is 7.92. The number of halogens is 1. The summed E-state index contributed by atoms with van der Waals surface area (Å²) in [5, 5.41) is 7.67. The van der Waals surface area contributed by atoms with Gasteiger partial charge in [0.05, 0.1) is 28.0 Å². The predicted molar refractivity (Wildman–Crippen MR) is 96.5 cm³/mol. The predicted octanol–water partition coefficient (Wildman–Crippen LogP) is 3.56. The molecule has 2 aromatic carbocycles. The summed E-state index contributed by atoms with van der Waals surface area (Å²) >= 11 is 0. The maximum atomic E-state index is 13.3. The van der Waals surface area contributed by atoms with Gasteiger partial charge in [-0.2, -0.15) is 5.10 Å². The third-order valence-corrected chi connectivity index (χ3v) is 5.24.